The zero-order valence-electron chi connectivity index (χ0n) is 26.5. The highest BCUT2D eigenvalue weighted by atomic mass is 35.5. The maximum atomic E-state index is 13.3. The van der Waals surface area contributed by atoms with Crippen LogP contribution in [0.1, 0.15) is 37.6 Å². The van der Waals surface area contributed by atoms with Gasteiger partial charge in [0.25, 0.3) is 0 Å². The highest BCUT2D eigenvalue weighted by Crippen LogP contribution is 2.32. The SMILES string of the molecule is COc1cc(CC(NCc2ccc(N3CCN(C(=O)O)CC3)cc2)C(=O)OC(C)(C)C)c(Cl)cc1NC(=O)Nc1cnc(C#N)cn1. The van der Waals surface area contributed by atoms with Gasteiger partial charge in [-0.2, -0.15) is 5.26 Å². The van der Waals surface area contributed by atoms with Gasteiger partial charge in [0, 0.05) is 49.9 Å². The number of benzene rings is 2. The highest BCUT2D eigenvalue weighted by Gasteiger charge is 2.27. The molecule has 2 aromatic carbocycles. The first kappa shape index (κ1) is 34.7. The predicted molar refractivity (Wildman–Crippen MR) is 176 cm³/mol. The molecule has 1 saturated heterocycles. The fourth-order valence-corrected chi connectivity index (χ4v) is 5.03. The number of anilines is 3. The molecule has 14 nitrogen and oxygen atoms in total. The number of urea groups is 1. The second kappa shape index (κ2) is 15.4. The standard InChI is InChI=1S/C32H37ClN8O6/c1-32(2,3)47-29(42)26(36-17-20-5-7-23(8-6-20)40-9-11-41(12-10-40)31(44)45)13-21-14-27(46-4)25(15-24(21)33)38-30(43)39-28-19-35-22(16-34)18-37-28/h5-8,14-15,18-19,26,36H,9-13,17H2,1-4H3,(H,44,45)(H2,37,38,39,43). The molecule has 3 aromatic rings. The summed E-state index contributed by atoms with van der Waals surface area (Å²) < 4.78 is 11.2. The number of carboxylic acid groups (broad SMARTS) is 1. The van der Waals surface area contributed by atoms with E-state index >= 15 is 0 Å². The van der Waals surface area contributed by atoms with E-state index in [1.165, 1.54) is 30.5 Å². The van der Waals surface area contributed by atoms with Gasteiger partial charge in [0.05, 0.1) is 25.2 Å². The lowest BCUT2D eigenvalue weighted by Gasteiger charge is -2.34. The number of nitrogens with one attached hydrogen (secondary N) is 3. The summed E-state index contributed by atoms with van der Waals surface area (Å²) in [7, 11) is 1.45. The Morgan fingerprint density at radius 1 is 1.06 bits per heavy atom. The molecule has 0 aliphatic carbocycles. The van der Waals surface area contributed by atoms with Crippen molar-refractivity contribution in [2.24, 2.45) is 0 Å². The maximum absolute atomic E-state index is 13.3. The van der Waals surface area contributed by atoms with E-state index < -0.39 is 29.7 Å². The number of ether oxygens (including phenoxy) is 2. The fourth-order valence-electron chi connectivity index (χ4n) is 4.79. The minimum absolute atomic E-state index is 0.113. The van der Waals surface area contributed by atoms with Crippen LogP contribution in [0.15, 0.2) is 48.8 Å². The van der Waals surface area contributed by atoms with Crippen LogP contribution in [-0.2, 0) is 22.5 Å². The number of piperazine rings is 1. The van der Waals surface area contributed by atoms with E-state index in [0.717, 1.165) is 11.3 Å². The smallest absolute Gasteiger partial charge is 0.407 e. The molecule has 0 saturated carbocycles. The topological polar surface area (TPSA) is 182 Å². The number of aromatic nitrogens is 2. The fraction of sp³-hybridized carbons (Fsp3) is 0.375. The molecule has 1 fully saturated rings. The van der Waals surface area contributed by atoms with Crippen LogP contribution >= 0.6 is 11.6 Å². The minimum Gasteiger partial charge on any atom is -0.495 e. The quantitative estimate of drug-likeness (QED) is 0.224. The van der Waals surface area contributed by atoms with Gasteiger partial charge in [0.15, 0.2) is 11.5 Å². The Balaban J connectivity index is 1.44. The summed E-state index contributed by atoms with van der Waals surface area (Å²) in [6, 6.07) is 11.5. The number of nitrogens with zero attached hydrogens (tertiary/aromatic N) is 5. The number of rotatable bonds is 10. The number of hydrogen-bond donors (Lipinski definition) is 4. The molecule has 4 N–H and O–H groups in total. The van der Waals surface area contributed by atoms with Crippen LogP contribution in [0.5, 0.6) is 5.75 Å². The minimum atomic E-state index is -0.905. The second-order valence-corrected chi connectivity index (χ2v) is 12.1. The summed E-state index contributed by atoms with van der Waals surface area (Å²) in [6.07, 6.45) is 1.76. The molecule has 0 radical (unpaired) electrons. The van der Waals surface area contributed by atoms with E-state index in [9.17, 15) is 19.5 Å². The van der Waals surface area contributed by atoms with Crippen molar-refractivity contribution in [2.75, 3.05) is 48.8 Å². The van der Waals surface area contributed by atoms with Crippen molar-refractivity contribution in [3.8, 4) is 11.8 Å². The highest BCUT2D eigenvalue weighted by molar-refractivity contribution is 6.32. The van der Waals surface area contributed by atoms with Crippen LogP contribution in [-0.4, -0.2) is 83.0 Å². The summed E-state index contributed by atoms with van der Waals surface area (Å²) >= 11 is 6.65. The molecule has 1 aromatic heterocycles. The van der Waals surface area contributed by atoms with Crippen molar-refractivity contribution in [2.45, 2.75) is 45.4 Å². The van der Waals surface area contributed by atoms with E-state index in [-0.39, 0.29) is 23.6 Å². The van der Waals surface area contributed by atoms with Crippen molar-refractivity contribution in [1.29, 1.82) is 5.26 Å². The summed E-state index contributed by atoms with van der Waals surface area (Å²) in [4.78, 5) is 48.5. The second-order valence-electron chi connectivity index (χ2n) is 11.7. The monoisotopic (exact) mass is 664 g/mol. The van der Waals surface area contributed by atoms with E-state index in [1.807, 2.05) is 30.3 Å². The van der Waals surface area contributed by atoms with Crippen molar-refractivity contribution in [3.05, 3.63) is 70.6 Å². The van der Waals surface area contributed by atoms with Crippen LogP contribution in [0.25, 0.3) is 0 Å². The summed E-state index contributed by atoms with van der Waals surface area (Å²) in [5.41, 5.74) is 2.20. The summed E-state index contributed by atoms with van der Waals surface area (Å²) in [6.45, 7) is 7.86. The first-order chi connectivity index (χ1) is 22.3. The Labute approximate surface area is 277 Å². The molecular formula is C32H37ClN8O6. The average molecular weight is 665 g/mol. The molecule has 1 atom stereocenters. The third-order valence-electron chi connectivity index (χ3n) is 7.14. The lowest BCUT2D eigenvalue weighted by molar-refractivity contribution is -0.157. The maximum Gasteiger partial charge on any atom is 0.407 e. The lowest BCUT2D eigenvalue weighted by Crippen LogP contribution is -2.48. The Kier molecular flexibility index (Phi) is 11.4. The van der Waals surface area contributed by atoms with Gasteiger partial charge in [-0.25, -0.2) is 19.6 Å². The van der Waals surface area contributed by atoms with Gasteiger partial charge in [-0.3, -0.25) is 10.1 Å². The number of hydrogen-bond acceptors (Lipinski definition) is 10. The van der Waals surface area contributed by atoms with Gasteiger partial charge in [-0.1, -0.05) is 23.7 Å². The van der Waals surface area contributed by atoms with Gasteiger partial charge >= 0.3 is 18.1 Å². The van der Waals surface area contributed by atoms with Crippen molar-refractivity contribution in [3.63, 3.8) is 0 Å². The molecule has 1 aliphatic rings. The molecule has 3 amide bonds. The number of methoxy groups -OCH3 is 1. The summed E-state index contributed by atoms with van der Waals surface area (Å²) in [5.74, 6) is 0.00131. The number of carbonyl (C=O) groups excluding carboxylic acids is 2. The Morgan fingerprint density at radius 3 is 2.34 bits per heavy atom. The molecule has 1 unspecified atom stereocenters. The zero-order chi connectivity index (χ0) is 34.1. The van der Waals surface area contributed by atoms with Crippen LogP contribution in [0.3, 0.4) is 0 Å². The van der Waals surface area contributed by atoms with Gasteiger partial charge < -0.3 is 35.0 Å². The first-order valence-electron chi connectivity index (χ1n) is 14.8. The molecule has 2 heterocycles. The van der Waals surface area contributed by atoms with E-state index in [2.05, 4.69) is 30.8 Å². The van der Waals surface area contributed by atoms with Crippen LogP contribution in [0, 0.1) is 11.3 Å². The van der Waals surface area contributed by atoms with E-state index in [0.29, 0.717) is 49.1 Å². The Morgan fingerprint density at radius 2 is 1.77 bits per heavy atom. The molecule has 0 bridgehead atoms. The first-order valence-corrected chi connectivity index (χ1v) is 15.2. The normalized spacial score (nSPS) is 13.7. The van der Waals surface area contributed by atoms with Crippen LogP contribution in [0.2, 0.25) is 5.02 Å². The van der Waals surface area contributed by atoms with Gasteiger partial charge in [0.2, 0.25) is 0 Å². The van der Waals surface area contributed by atoms with Crippen LogP contribution in [0.4, 0.5) is 26.8 Å². The third kappa shape index (κ3) is 9.93. The molecular weight excluding hydrogens is 628 g/mol. The van der Waals surface area contributed by atoms with E-state index in [1.54, 1.807) is 26.8 Å². The lowest BCUT2D eigenvalue weighted by atomic mass is 10.0. The predicted octanol–water partition coefficient (Wildman–Crippen LogP) is 4.50. The number of amides is 3. The van der Waals surface area contributed by atoms with Gasteiger partial charge in [-0.05, 0) is 56.2 Å². The summed E-state index contributed by atoms with van der Waals surface area (Å²) in [5, 5.41) is 26.9. The van der Waals surface area contributed by atoms with Crippen LogP contribution < -0.4 is 25.6 Å². The molecule has 15 heteroatoms. The molecule has 0 spiro atoms. The molecule has 248 valence electrons. The Bertz CT molecular complexity index is 1610. The molecule has 47 heavy (non-hydrogen) atoms. The van der Waals surface area contributed by atoms with Gasteiger partial charge in [-0.15, -0.1) is 0 Å². The number of nitriles is 1. The van der Waals surface area contributed by atoms with Gasteiger partial charge in [0.1, 0.15) is 23.5 Å². The average Bonchev–Trinajstić information content (AvgIpc) is 3.03. The molecule has 1 aliphatic heterocycles. The third-order valence-corrected chi connectivity index (χ3v) is 7.50. The largest absolute Gasteiger partial charge is 0.495 e. The number of halogens is 1. The Hall–Kier alpha value is -5.13. The zero-order valence-corrected chi connectivity index (χ0v) is 27.3. The van der Waals surface area contributed by atoms with Crippen molar-refractivity contribution >= 4 is 46.9 Å². The van der Waals surface area contributed by atoms with Crippen molar-refractivity contribution in [1.82, 2.24) is 20.2 Å². The number of esters is 1. The molecule has 4 rings (SSSR count). The van der Waals surface area contributed by atoms with Crippen molar-refractivity contribution < 1.29 is 29.0 Å². The number of carbonyl (C=O) groups is 3. The van der Waals surface area contributed by atoms with E-state index in [4.69, 9.17) is 26.3 Å².